The zero-order valence-corrected chi connectivity index (χ0v) is 13.8. The van der Waals surface area contributed by atoms with Gasteiger partial charge in [-0.25, -0.2) is 9.59 Å². The van der Waals surface area contributed by atoms with E-state index in [4.69, 9.17) is 14.2 Å². The fourth-order valence-corrected chi connectivity index (χ4v) is 2.82. The van der Waals surface area contributed by atoms with E-state index in [1.54, 1.807) is 27.7 Å². The van der Waals surface area contributed by atoms with Gasteiger partial charge < -0.3 is 19.5 Å². The van der Waals surface area contributed by atoms with Crippen molar-refractivity contribution in [3.05, 3.63) is 0 Å². The van der Waals surface area contributed by atoms with Crippen LogP contribution in [0.4, 0.5) is 0 Å². The van der Waals surface area contributed by atoms with Crippen molar-refractivity contribution in [3.63, 3.8) is 0 Å². The summed E-state index contributed by atoms with van der Waals surface area (Å²) in [5.41, 5.74) is -2.02. The first-order valence-electron chi connectivity index (χ1n) is 7.73. The number of hydrogen-bond acceptors (Lipinski definition) is 7. The van der Waals surface area contributed by atoms with Crippen LogP contribution in [0, 0.1) is 11.8 Å². The molecule has 130 valence electrons. The molecule has 1 rings (SSSR count). The number of carbonyl (C=O) groups excluding carboxylic acids is 4. The number of ether oxygens (including phenoxy) is 3. The molecular weight excluding hydrogens is 306 g/mol. The average molecular weight is 329 g/mol. The molecule has 0 spiro atoms. The molecule has 0 saturated carbocycles. The van der Waals surface area contributed by atoms with E-state index in [9.17, 15) is 19.2 Å². The molecule has 0 bridgehead atoms. The Labute approximate surface area is 134 Å². The van der Waals surface area contributed by atoms with Crippen LogP contribution in [-0.2, 0) is 33.4 Å². The maximum absolute atomic E-state index is 12.4. The first-order valence-corrected chi connectivity index (χ1v) is 7.73. The van der Waals surface area contributed by atoms with E-state index in [-0.39, 0.29) is 26.2 Å². The summed E-state index contributed by atoms with van der Waals surface area (Å²) >= 11 is 0. The summed E-state index contributed by atoms with van der Waals surface area (Å²) in [6.45, 7) is 6.58. The fraction of sp³-hybridized carbons (Fsp3) is 0.733. The number of rotatable bonds is 7. The molecule has 8 nitrogen and oxygen atoms in total. The van der Waals surface area contributed by atoms with Gasteiger partial charge in [-0.05, 0) is 27.2 Å². The normalized spacial score (nSPS) is 22.2. The molecule has 1 aliphatic heterocycles. The maximum Gasteiger partial charge on any atom is 0.344 e. The van der Waals surface area contributed by atoms with Crippen molar-refractivity contribution in [1.29, 1.82) is 0 Å². The van der Waals surface area contributed by atoms with Crippen molar-refractivity contribution in [1.82, 2.24) is 5.32 Å². The van der Waals surface area contributed by atoms with Crippen LogP contribution in [-0.4, -0.2) is 49.2 Å². The molecule has 1 saturated heterocycles. The highest BCUT2D eigenvalue weighted by atomic mass is 16.6. The molecule has 1 aliphatic rings. The number of amides is 1. The van der Waals surface area contributed by atoms with E-state index < -0.39 is 41.2 Å². The minimum absolute atomic E-state index is 0.0242. The van der Waals surface area contributed by atoms with Crippen LogP contribution < -0.4 is 5.32 Å². The Balaban J connectivity index is 3.33. The lowest BCUT2D eigenvalue weighted by molar-refractivity contribution is -0.169. The highest BCUT2D eigenvalue weighted by Gasteiger charge is 2.66. The molecule has 0 aromatic carbocycles. The molecule has 1 N–H and O–H groups in total. The van der Waals surface area contributed by atoms with Crippen molar-refractivity contribution >= 4 is 23.8 Å². The quantitative estimate of drug-likeness (QED) is 0.403. The fourth-order valence-electron chi connectivity index (χ4n) is 2.82. The van der Waals surface area contributed by atoms with Gasteiger partial charge in [0.15, 0.2) is 0 Å². The molecule has 2 atom stereocenters. The third-order valence-electron chi connectivity index (χ3n) is 3.74. The summed E-state index contributed by atoms with van der Waals surface area (Å²) in [6.07, 6.45) is 0.208. The van der Waals surface area contributed by atoms with E-state index in [0.717, 1.165) is 0 Å². The Morgan fingerprint density at radius 2 is 1.43 bits per heavy atom. The van der Waals surface area contributed by atoms with Crippen molar-refractivity contribution in [2.75, 3.05) is 19.8 Å². The lowest BCUT2D eigenvalue weighted by Crippen LogP contribution is -2.60. The van der Waals surface area contributed by atoms with E-state index in [1.165, 1.54) is 0 Å². The Bertz CT molecular complexity index is 470. The van der Waals surface area contributed by atoms with Crippen molar-refractivity contribution in [2.45, 2.75) is 39.7 Å². The predicted octanol–water partition coefficient (Wildman–Crippen LogP) is 0.187. The molecule has 0 aromatic rings. The average Bonchev–Trinajstić information content (AvgIpc) is 2.81. The summed E-state index contributed by atoms with van der Waals surface area (Å²) in [4.78, 5) is 49.2. The summed E-state index contributed by atoms with van der Waals surface area (Å²) in [5, 5.41) is 2.34. The Hall–Kier alpha value is -2.12. The zero-order valence-electron chi connectivity index (χ0n) is 13.8. The topological polar surface area (TPSA) is 108 Å². The van der Waals surface area contributed by atoms with Gasteiger partial charge in [-0.1, -0.05) is 6.92 Å². The Kier molecular flexibility index (Phi) is 6.53. The van der Waals surface area contributed by atoms with Gasteiger partial charge in [0.2, 0.25) is 11.4 Å². The highest BCUT2D eigenvalue weighted by molar-refractivity contribution is 6.14. The highest BCUT2D eigenvalue weighted by Crippen LogP contribution is 2.38. The molecule has 8 heteroatoms. The van der Waals surface area contributed by atoms with Gasteiger partial charge >= 0.3 is 17.9 Å². The summed E-state index contributed by atoms with van der Waals surface area (Å²) in [6, 6.07) is 0. The Morgan fingerprint density at radius 1 is 0.957 bits per heavy atom. The molecule has 0 aromatic heterocycles. The molecule has 23 heavy (non-hydrogen) atoms. The van der Waals surface area contributed by atoms with Gasteiger partial charge in [0.05, 0.1) is 19.8 Å². The van der Waals surface area contributed by atoms with Crippen molar-refractivity contribution in [2.24, 2.45) is 11.8 Å². The van der Waals surface area contributed by atoms with Crippen LogP contribution in [0.5, 0.6) is 0 Å². The molecular formula is C15H23NO7. The number of hydrogen-bond donors (Lipinski definition) is 1. The standard InChI is InChI=1S/C15H23NO7/c1-5-9-10(12(18)21-6-2)11(17)16-15(9,13(19)22-7-3)14(20)23-8-4/h9-10H,5-8H2,1-4H3,(H,16,17)/t9-,10-/m0/s1. The molecule has 0 radical (unpaired) electrons. The van der Waals surface area contributed by atoms with E-state index in [1.807, 2.05) is 0 Å². The lowest BCUT2D eigenvalue weighted by atomic mass is 9.78. The first-order chi connectivity index (χ1) is 10.9. The van der Waals surface area contributed by atoms with Crippen LogP contribution in [0.15, 0.2) is 0 Å². The van der Waals surface area contributed by atoms with Gasteiger partial charge in [0.25, 0.3) is 0 Å². The minimum atomic E-state index is -2.02. The van der Waals surface area contributed by atoms with Gasteiger partial charge in [-0.15, -0.1) is 0 Å². The molecule has 0 unspecified atom stereocenters. The summed E-state index contributed by atoms with van der Waals surface area (Å²) in [7, 11) is 0. The van der Waals surface area contributed by atoms with Gasteiger partial charge in [-0.3, -0.25) is 9.59 Å². The third kappa shape index (κ3) is 3.30. The van der Waals surface area contributed by atoms with Gasteiger partial charge in [-0.2, -0.15) is 0 Å². The molecule has 1 fully saturated rings. The second kappa shape index (κ2) is 7.94. The monoisotopic (exact) mass is 329 g/mol. The first kappa shape index (κ1) is 18.9. The molecule has 0 aliphatic carbocycles. The maximum atomic E-state index is 12.4. The number of nitrogens with one attached hydrogen (secondary N) is 1. The van der Waals surface area contributed by atoms with Gasteiger partial charge in [0.1, 0.15) is 5.92 Å². The SMILES string of the molecule is CCOC(=O)[C@@H]1C(=O)NC(C(=O)OCC)(C(=O)OCC)[C@H]1CC. The second-order valence-corrected chi connectivity index (χ2v) is 4.98. The van der Waals surface area contributed by atoms with E-state index >= 15 is 0 Å². The van der Waals surface area contributed by atoms with Gasteiger partial charge in [0, 0.05) is 5.92 Å². The smallest absolute Gasteiger partial charge is 0.344 e. The largest absolute Gasteiger partial charge is 0.465 e. The number of carbonyl (C=O) groups is 4. The second-order valence-electron chi connectivity index (χ2n) is 4.98. The minimum Gasteiger partial charge on any atom is -0.465 e. The van der Waals surface area contributed by atoms with Crippen molar-refractivity contribution in [3.8, 4) is 0 Å². The van der Waals surface area contributed by atoms with Crippen LogP contribution in [0.2, 0.25) is 0 Å². The zero-order chi connectivity index (χ0) is 17.6. The van der Waals surface area contributed by atoms with Crippen LogP contribution in [0.25, 0.3) is 0 Å². The van der Waals surface area contributed by atoms with Crippen LogP contribution in [0.1, 0.15) is 34.1 Å². The van der Waals surface area contributed by atoms with E-state index in [2.05, 4.69) is 5.32 Å². The predicted molar refractivity (Wildman–Crippen MR) is 78.0 cm³/mol. The summed E-state index contributed by atoms with van der Waals surface area (Å²) < 4.78 is 14.8. The molecule has 1 heterocycles. The van der Waals surface area contributed by atoms with Crippen molar-refractivity contribution < 1.29 is 33.4 Å². The van der Waals surface area contributed by atoms with Crippen LogP contribution in [0.3, 0.4) is 0 Å². The summed E-state index contributed by atoms with van der Waals surface area (Å²) in [5.74, 6) is -5.56. The Morgan fingerprint density at radius 3 is 1.83 bits per heavy atom. The van der Waals surface area contributed by atoms with E-state index in [0.29, 0.717) is 0 Å². The molecule has 1 amide bonds. The van der Waals surface area contributed by atoms with Crippen LogP contribution >= 0.6 is 0 Å². The number of esters is 3. The third-order valence-corrected chi connectivity index (χ3v) is 3.74. The lowest BCUT2D eigenvalue weighted by Gasteiger charge is -2.30.